The summed E-state index contributed by atoms with van der Waals surface area (Å²) in [5, 5.41) is 9.28. The van der Waals surface area contributed by atoms with Gasteiger partial charge in [-0.15, -0.1) is 0 Å². The van der Waals surface area contributed by atoms with Crippen LogP contribution in [0.4, 0.5) is 0 Å². The minimum Gasteiger partial charge on any atom is -0.393 e. The second kappa shape index (κ2) is 3.75. The molecule has 0 spiro atoms. The molecular formula is C10H21NO. The fraction of sp³-hybridized carbons (Fsp3) is 1.00. The van der Waals surface area contributed by atoms with Gasteiger partial charge in [0.2, 0.25) is 0 Å². The monoisotopic (exact) mass is 171 g/mol. The summed E-state index contributed by atoms with van der Waals surface area (Å²) in [6, 6.07) is 0. The van der Waals surface area contributed by atoms with Crippen LogP contribution in [0.1, 0.15) is 46.0 Å². The van der Waals surface area contributed by atoms with Crippen molar-refractivity contribution in [2.24, 2.45) is 11.7 Å². The lowest BCUT2D eigenvalue weighted by Gasteiger charge is -2.37. The molecule has 3 atom stereocenters. The normalized spacial score (nSPS) is 39.5. The standard InChI is InChI=1S/C10H21NO/c1-8-4-3-5-10(11,6-8)7-9(2)12/h8-9,12H,3-7,11H2,1-2H3. The van der Waals surface area contributed by atoms with Crippen molar-refractivity contribution < 1.29 is 5.11 Å². The van der Waals surface area contributed by atoms with E-state index in [0.29, 0.717) is 0 Å². The van der Waals surface area contributed by atoms with Crippen LogP contribution in [0.15, 0.2) is 0 Å². The number of hydrogen-bond acceptors (Lipinski definition) is 2. The van der Waals surface area contributed by atoms with Gasteiger partial charge in [-0.1, -0.05) is 19.8 Å². The highest BCUT2D eigenvalue weighted by molar-refractivity contribution is 4.90. The molecule has 1 rings (SSSR count). The van der Waals surface area contributed by atoms with E-state index in [4.69, 9.17) is 5.73 Å². The molecule has 0 aromatic heterocycles. The summed E-state index contributed by atoms with van der Waals surface area (Å²) in [4.78, 5) is 0. The Labute approximate surface area is 75.2 Å². The van der Waals surface area contributed by atoms with Gasteiger partial charge in [-0.05, 0) is 32.1 Å². The van der Waals surface area contributed by atoms with Crippen LogP contribution in [-0.2, 0) is 0 Å². The molecule has 12 heavy (non-hydrogen) atoms. The molecule has 0 aromatic carbocycles. The van der Waals surface area contributed by atoms with Gasteiger partial charge in [0.1, 0.15) is 0 Å². The van der Waals surface area contributed by atoms with Crippen LogP contribution in [0, 0.1) is 5.92 Å². The maximum atomic E-state index is 9.28. The van der Waals surface area contributed by atoms with E-state index in [2.05, 4.69) is 6.92 Å². The molecular weight excluding hydrogens is 150 g/mol. The maximum Gasteiger partial charge on any atom is 0.0529 e. The Balaban J connectivity index is 2.45. The number of nitrogens with two attached hydrogens (primary N) is 1. The Morgan fingerprint density at radius 1 is 1.67 bits per heavy atom. The zero-order valence-corrected chi connectivity index (χ0v) is 8.21. The van der Waals surface area contributed by atoms with Gasteiger partial charge in [-0.25, -0.2) is 0 Å². The second-order valence-corrected chi connectivity index (χ2v) is 4.62. The molecule has 0 heterocycles. The lowest BCUT2D eigenvalue weighted by molar-refractivity contribution is 0.117. The van der Waals surface area contributed by atoms with Crippen LogP contribution in [0.25, 0.3) is 0 Å². The average molecular weight is 171 g/mol. The average Bonchev–Trinajstić information content (AvgIpc) is 1.82. The first kappa shape index (κ1) is 10.0. The molecule has 0 amide bonds. The zero-order chi connectivity index (χ0) is 9.19. The number of aliphatic hydroxyl groups excluding tert-OH is 1. The lowest BCUT2D eigenvalue weighted by Crippen LogP contribution is -2.46. The summed E-state index contributed by atoms with van der Waals surface area (Å²) in [6.07, 6.45) is 5.21. The molecule has 2 heteroatoms. The molecule has 72 valence electrons. The minimum atomic E-state index is -0.250. The second-order valence-electron chi connectivity index (χ2n) is 4.62. The van der Waals surface area contributed by atoms with Crippen molar-refractivity contribution in [3.05, 3.63) is 0 Å². The summed E-state index contributed by atoms with van der Waals surface area (Å²) in [5.41, 5.74) is 6.11. The predicted molar refractivity (Wildman–Crippen MR) is 50.8 cm³/mol. The first-order chi connectivity index (χ1) is 5.52. The van der Waals surface area contributed by atoms with E-state index in [0.717, 1.165) is 25.2 Å². The molecule has 1 saturated carbocycles. The molecule has 0 radical (unpaired) electrons. The highest BCUT2D eigenvalue weighted by atomic mass is 16.3. The van der Waals surface area contributed by atoms with E-state index in [1.54, 1.807) is 0 Å². The Bertz CT molecular complexity index is 143. The van der Waals surface area contributed by atoms with E-state index >= 15 is 0 Å². The van der Waals surface area contributed by atoms with E-state index in [9.17, 15) is 5.11 Å². The van der Waals surface area contributed by atoms with Crippen LogP contribution in [0.3, 0.4) is 0 Å². The van der Waals surface area contributed by atoms with E-state index in [1.807, 2.05) is 6.92 Å². The predicted octanol–water partition coefficient (Wildman–Crippen LogP) is 1.66. The van der Waals surface area contributed by atoms with Gasteiger partial charge < -0.3 is 10.8 Å². The Hall–Kier alpha value is -0.0800. The number of aliphatic hydroxyl groups is 1. The quantitative estimate of drug-likeness (QED) is 0.664. The van der Waals surface area contributed by atoms with Gasteiger partial charge >= 0.3 is 0 Å². The summed E-state index contributed by atoms with van der Waals surface area (Å²) in [6.45, 7) is 4.08. The molecule has 0 bridgehead atoms. The SMILES string of the molecule is CC(O)CC1(N)CCCC(C)C1. The molecule has 0 aliphatic heterocycles. The highest BCUT2D eigenvalue weighted by Gasteiger charge is 2.31. The van der Waals surface area contributed by atoms with E-state index in [-0.39, 0.29) is 11.6 Å². The van der Waals surface area contributed by atoms with Gasteiger partial charge in [0.15, 0.2) is 0 Å². The van der Waals surface area contributed by atoms with Crippen LogP contribution >= 0.6 is 0 Å². The van der Waals surface area contributed by atoms with Gasteiger partial charge in [0, 0.05) is 5.54 Å². The van der Waals surface area contributed by atoms with Crippen molar-refractivity contribution in [3.8, 4) is 0 Å². The third-order valence-corrected chi connectivity index (χ3v) is 2.83. The van der Waals surface area contributed by atoms with Crippen LogP contribution < -0.4 is 5.73 Å². The van der Waals surface area contributed by atoms with Crippen LogP contribution in [-0.4, -0.2) is 16.7 Å². The smallest absolute Gasteiger partial charge is 0.0529 e. The topological polar surface area (TPSA) is 46.2 Å². The zero-order valence-electron chi connectivity index (χ0n) is 8.21. The first-order valence-electron chi connectivity index (χ1n) is 4.99. The van der Waals surface area contributed by atoms with Gasteiger partial charge in [-0.2, -0.15) is 0 Å². The number of rotatable bonds is 2. The molecule has 3 N–H and O–H groups in total. The van der Waals surface area contributed by atoms with Gasteiger partial charge in [-0.3, -0.25) is 0 Å². The van der Waals surface area contributed by atoms with Crippen molar-refractivity contribution in [2.75, 3.05) is 0 Å². The summed E-state index contributed by atoms with van der Waals surface area (Å²) >= 11 is 0. The number of hydrogen-bond donors (Lipinski definition) is 2. The molecule has 1 aliphatic rings. The van der Waals surface area contributed by atoms with Crippen LogP contribution in [0.5, 0.6) is 0 Å². The fourth-order valence-corrected chi connectivity index (χ4v) is 2.47. The largest absolute Gasteiger partial charge is 0.393 e. The van der Waals surface area contributed by atoms with E-state index in [1.165, 1.54) is 12.8 Å². The molecule has 3 unspecified atom stereocenters. The molecule has 2 nitrogen and oxygen atoms in total. The van der Waals surface area contributed by atoms with Crippen molar-refractivity contribution in [3.63, 3.8) is 0 Å². The third kappa shape index (κ3) is 2.76. The molecule has 0 aromatic rings. The first-order valence-corrected chi connectivity index (χ1v) is 4.99. The minimum absolute atomic E-state index is 0.0775. The van der Waals surface area contributed by atoms with Gasteiger partial charge in [0.25, 0.3) is 0 Å². The molecule has 1 aliphatic carbocycles. The highest BCUT2D eigenvalue weighted by Crippen LogP contribution is 2.33. The van der Waals surface area contributed by atoms with Crippen LogP contribution in [0.2, 0.25) is 0 Å². The molecule has 0 saturated heterocycles. The van der Waals surface area contributed by atoms with Crippen molar-refractivity contribution in [1.82, 2.24) is 0 Å². The lowest BCUT2D eigenvalue weighted by atomic mass is 9.74. The summed E-state index contributed by atoms with van der Waals surface area (Å²) < 4.78 is 0. The third-order valence-electron chi connectivity index (χ3n) is 2.83. The summed E-state index contributed by atoms with van der Waals surface area (Å²) in [7, 11) is 0. The van der Waals surface area contributed by atoms with Crippen molar-refractivity contribution in [2.45, 2.75) is 57.6 Å². The van der Waals surface area contributed by atoms with Crippen molar-refractivity contribution >= 4 is 0 Å². The Morgan fingerprint density at radius 2 is 2.33 bits per heavy atom. The Kier molecular flexibility index (Phi) is 3.13. The van der Waals surface area contributed by atoms with E-state index < -0.39 is 0 Å². The maximum absolute atomic E-state index is 9.28. The molecule has 1 fully saturated rings. The summed E-state index contributed by atoms with van der Waals surface area (Å²) in [5.74, 6) is 0.738. The Morgan fingerprint density at radius 3 is 2.83 bits per heavy atom. The van der Waals surface area contributed by atoms with Crippen molar-refractivity contribution in [1.29, 1.82) is 0 Å². The fourth-order valence-electron chi connectivity index (χ4n) is 2.47. The van der Waals surface area contributed by atoms with Gasteiger partial charge in [0.05, 0.1) is 6.10 Å².